The van der Waals surface area contributed by atoms with Gasteiger partial charge in [-0.1, -0.05) is 0 Å². The lowest BCUT2D eigenvalue weighted by molar-refractivity contribution is -0.119. The van der Waals surface area contributed by atoms with Gasteiger partial charge in [0.05, 0.1) is 33.3 Å². The number of carbonyl (C=O) groups is 2. The number of methoxy groups -OCH3 is 4. The second kappa shape index (κ2) is 10.00. The van der Waals surface area contributed by atoms with Crippen LogP contribution in [-0.2, 0) is 19.6 Å². The topological polar surface area (TPSA) is 152 Å². The molecule has 0 heterocycles. The van der Waals surface area contributed by atoms with E-state index in [4.69, 9.17) is 28.8 Å². The van der Waals surface area contributed by atoms with E-state index in [0.717, 1.165) is 6.07 Å². The lowest BCUT2D eigenvalue weighted by atomic mass is 10.2. The van der Waals surface area contributed by atoms with Crippen LogP contribution in [0.25, 0.3) is 0 Å². The summed E-state index contributed by atoms with van der Waals surface area (Å²) in [6.07, 6.45) is 0. The Labute approximate surface area is 179 Å². The van der Waals surface area contributed by atoms with Crippen LogP contribution in [0.3, 0.4) is 0 Å². The zero-order chi connectivity index (χ0) is 23.2. The predicted octanol–water partition coefficient (Wildman–Crippen LogP) is 1.16. The summed E-state index contributed by atoms with van der Waals surface area (Å²) in [5.41, 5.74) is 0.110. The van der Waals surface area contributed by atoms with Gasteiger partial charge in [-0.15, -0.1) is 0 Å². The molecule has 12 heteroatoms. The van der Waals surface area contributed by atoms with Gasteiger partial charge in [0.25, 0.3) is 5.91 Å². The highest BCUT2D eigenvalue weighted by atomic mass is 32.2. The van der Waals surface area contributed by atoms with Gasteiger partial charge in [-0.05, 0) is 18.2 Å². The minimum absolute atomic E-state index is 0.0578. The summed E-state index contributed by atoms with van der Waals surface area (Å²) in [7, 11) is 1.53. The van der Waals surface area contributed by atoms with E-state index in [1.807, 2.05) is 0 Å². The van der Waals surface area contributed by atoms with Gasteiger partial charge < -0.3 is 29.0 Å². The van der Waals surface area contributed by atoms with E-state index in [9.17, 15) is 18.0 Å². The van der Waals surface area contributed by atoms with Crippen molar-refractivity contribution in [1.82, 2.24) is 0 Å². The molecule has 2 aromatic carbocycles. The van der Waals surface area contributed by atoms with Gasteiger partial charge in [0, 0.05) is 17.8 Å². The van der Waals surface area contributed by atoms with Crippen LogP contribution < -0.4 is 29.4 Å². The third-order valence-electron chi connectivity index (χ3n) is 4.00. The van der Waals surface area contributed by atoms with Crippen molar-refractivity contribution in [2.24, 2.45) is 5.14 Å². The first kappa shape index (κ1) is 23.8. The van der Waals surface area contributed by atoms with Crippen LogP contribution in [0.5, 0.6) is 23.0 Å². The molecule has 0 spiro atoms. The highest BCUT2D eigenvalue weighted by molar-refractivity contribution is 7.89. The molecule has 31 heavy (non-hydrogen) atoms. The van der Waals surface area contributed by atoms with Gasteiger partial charge >= 0.3 is 5.97 Å². The van der Waals surface area contributed by atoms with Crippen LogP contribution in [0.4, 0.5) is 5.69 Å². The Bertz CT molecular complexity index is 1060. The van der Waals surface area contributed by atoms with E-state index in [-0.39, 0.29) is 16.2 Å². The van der Waals surface area contributed by atoms with Gasteiger partial charge in [-0.2, -0.15) is 0 Å². The summed E-state index contributed by atoms with van der Waals surface area (Å²) in [6.45, 7) is -0.655. The number of carbonyl (C=O) groups excluding carboxylic acids is 2. The Hall–Kier alpha value is -3.51. The predicted molar refractivity (Wildman–Crippen MR) is 109 cm³/mol. The average molecular weight is 454 g/mol. The standard InChI is InChI=1S/C19H22N2O9S/c1-26-14-6-5-12(31(20,24)25)9-13(14)19(23)30-10-17(22)21-11-7-15(27-2)18(29-4)16(8-11)28-3/h5-9H,10H2,1-4H3,(H,21,22)(H2,20,24,25). The van der Waals surface area contributed by atoms with Crippen LogP contribution in [0.1, 0.15) is 10.4 Å². The van der Waals surface area contributed by atoms with Crippen molar-refractivity contribution in [3.8, 4) is 23.0 Å². The van der Waals surface area contributed by atoms with Crippen molar-refractivity contribution < 1.29 is 41.7 Å². The molecule has 0 unspecified atom stereocenters. The van der Waals surface area contributed by atoms with Crippen molar-refractivity contribution in [3.63, 3.8) is 0 Å². The summed E-state index contributed by atoms with van der Waals surface area (Å²) in [5.74, 6) is -0.595. The first-order valence-corrected chi connectivity index (χ1v) is 10.2. The number of nitrogens with one attached hydrogen (secondary N) is 1. The average Bonchev–Trinajstić information content (AvgIpc) is 2.75. The van der Waals surface area contributed by atoms with Crippen LogP contribution in [0.2, 0.25) is 0 Å². The first-order valence-electron chi connectivity index (χ1n) is 8.62. The normalized spacial score (nSPS) is 10.7. The molecule has 1 amide bonds. The fourth-order valence-electron chi connectivity index (χ4n) is 2.58. The highest BCUT2D eigenvalue weighted by Crippen LogP contribution is 2.39. The minimum atomic E-state index is -4.05. The number of esters is 1. The SMILES string of the molecule is COc1ccc(S(N)(=O)=O)cc1C(=O)OCC(=O)Nc1cc(OC)c(OC)c(OC)c1. The second-order valence-corrected chi connectivity index (χ2v) is 7.51. The van der Waals surface area contributed by atoms with E-state index in [0.29, 0.717) is 22.9 Å². The van der Waals surface area contributed by atoms with Gasteiger partial charge in [0.15, 0.2) is 18.1 Å². The number of hydrogen-bond acceptors (Lipinski definition) is 9. The van der Waals surface area contributed by atoms with E-state index in [1.54, 1.807) is 0 Å². The van der Waals surface area contributed by atoms with Crippen molar-refractivity contribution >= 4 is 27.6 Å². The molecule has 0 aliphatic rings. The lowest BCUT2D eigenvalue weighted by Crippen LogP contribution is -2.21. The molecule has 3 N–H and O–H groups in total. The van der Waals surface area contributed by atoms with Gasteiger partial charge in [-0.25, -0.2) is 18.4 Å². The van der Waals surface area contributed by atoms with E-state index >= 15 is 0 Å². The van der Waals surface area contributed by atoms with Crippen LogP contribution in [0, 0.1) is 0 Å². The molecular formula is C19H22N2O9S. The molecule has 0 radical (unpaired) electrons. The molecule has 0 bridgehead atoms. The largest absolute Gasteiger partial charge is 0.496 e. The zero-order valence-corrected chi connectivity index (χ0v) is 18.1. The second-order valence-electron chi connectivity index (χ2n) is 5.95. The Balaban J connectivity index is 2.14. The lowest BCUT2D eigenvalue weighted by Gasteiger charge is -2.15. The molecule has 0 aromatic heterocycles. The van der Waals surface area contributed by atoms with Gasteiger partial charge in [0.2, 0.25) is 15.8 Å². The van der Waals surface area contributed by atoms with Gasteiger partial charge in [0.1, 0.15) is 11.3 Å². The summed E-state index contributed by atoms with van der Waals surface area (Å²) in [5, 5.41) is 7.61. The maximum absolute atomic E-state index is 12.4. The number of hydrogen-bond donors (Lipinski definition) is 2. The fourth-order valence-corrected chi connectivity index (χ4v) is 3.12. The maximum atomic E-state index is 12.4. The van der Waals surface area contributed by atoms with E-state index in [1.165, 1.54) is 52.7 Å². The van der Waals surface area contributed by atoms with Gasteiger partial charge in [-0.3, -0.25) is 4.79 Å². The molecule has 168 valence electrons. The fraction of sp³-hybridized carbons (Fsp3) is 0.263. The zero-order valence-electron chi connectivity index (χ0n) is 17.3. The van der Waals surface area contributed by atoms with Crippen molar-refractivity contribution in [3.05, 3.63) is 35.9 Å². The number of anilines is 1. The summed E-state index contributed by atoms with van der Waals surface area (Å²) in [4.78, 5) is 24.3. The summed E-state index contributed by atoms with van der Waals surface area (Å²) >= 11 is 0. The highest BCUT2D eigenvalue weighted by Gasteiger charge is 2.20. The van der Waals surface area contributed by atoms with Crippen LogP contribution in [-0.4, -0.2) is 55.3 Å². The van der Waals surface area contributed by atoms with Crippen molar-refractivity contribution in [2.75, 3.05) is 40.4 Å². The smallest absolute Gasteiger partial charge is 0.342 e. The molecule has 11 nitrogen and oxygen atoms in total. The van der Waals surface area contributed by atoms with Crippen molar-refractivity contribution in [1.29, 1.82) is 0 Å². The molecule has 0 fully saturated rings. The van der Waals surface area contributed by atoms with Crippen molar-refractivity contribution in [2.45, 2.75) is 4.90 Å². The molecule has 0 aliphatic carbocycles. The molecule has 0 saturated carbocycles. The molecule has 0 saturated heterocycles. The number of sulfonamides is 1. The Morgan fingerprint density at radius 2 is 1.48 bits per heavy atom. The third kappa shape index (κ3) is 5.77. The summed E-state index contributed by atoms with van der Waals surface area (Å²) < 4.78 is 48.7. The van der Waals surface area contributed by atoms with E-state index < -0.39 is 28.5 Å². The Morgan fingerprint density at radius 1 is 0.903 bits per heavy atom. The monoisotopic (exact) mass is 454 g/mol. The minimum Gasteiger partial charge on any atom is -0.496 e. The third-order valence-corrected chi connectivity index (χ3v) is 4.91. The number of nitrogens with two attached hydrogens (primary N) is 1. The molecule has 0 aliphatic heterocycles. The summed E-state index contributed by atoms with van der Waals surface area (Å²) in [6, 6.07) is 6.45. The quantitative estimate of drug-likeness (QED) is 0.532. The number of benzene rings is 2. The number of amides is 1. The molecule has 2 aromatic rings. The van der Waals surface area contributed by atoms with E-state index in [2.05, 4.69) is 5.32 Å². The van der Waals surface area contributed by atoms with Crippen LogP contribution in [0.15, 0.2) is 35.2 Å². The molecule has 2 rings (SSSR count). The van der Waals surface area contributed by atoms with Crippen LogP contribution >= 0.6 is 0 Å². The number of rotatable bonds is 9. The maximum Gasteiger partial charge on any atom is 0.342 e. The first-order chi connectivity index (χ1) is 14.6. The molecular weight excluding hydrogens is 432 g/mol. The Kier molecular flexibility index (Phi) is 7.67. The Morgan fingerprint density at radius 3 is 1.97 bits per heavy atom. The molecule has 0 atom stereocenters. The number of primary sulfonamides is 1. The number of ether oxygens (including phenoxy) is 5.